The van der Waals surface area contributed by atoms with Crippen molar-refractivity contribution in [3.05, 3.63) is 59.7 Å². The third kappa shape index (κ3) is 3.78. The van der Waals surface area contributed by atoms with Gasteiger partial charge < -0.3 is 10.0 Å². The Hall–Kier alpha value is -2.17. The minimum atomic E-state index is 0.0244. The van der Waals surface area contributed by atoms with Gasteiger partial charge in [-0.15, -0.1) is 0 Å². The standard InChI is InChI=1S/C23H28N2O2/c1-17-6-2-3-11-25(17)22-14-24(15-22)23(27)21-10-5-9-20(13-21)19-8-4-7-18(12-19)16-26/h4-5,7-10,12-13,17,22,26H,2-3,6,11,14-16H2,1H3/t17-/m1/s1. The molecule has 2 aromatic rings. The number of aliphatic hydroxyl groups excluding tert-OH is 1. The first-order chi connectivity index (χ1) is 13.2. The molecule has 0 aliphatic carbocycles. The maximum atomic E-state index is 12.9. The molecule has 2 heterocycles. The SMILES string of the molecule is C[C@@H]1CCCCN1C1CN(C(=O)c2cccc(-c3cccc(CO)c3)c2)C1. The maximum Gasteiger partial charge on any atom is 0.253 e. The van der Waals surface area contributed by atoms with E-state index >= 15 is 0 Å². The van der Waals surface area contributed by atoms with Crippen molar-refractivity contribution in [1.29, 1.82) is 0 Å². The summed E-state index contributed by atoms with van der Waals surface area (Å²) < 4.78 is 0. The number of nitrogens with zero attached hydrogens (tertiary/aromatic N) is 2. The second-order valence-corrected chi connectivity index (χ2v) is 7.89. The van der Waals surface area contributed by atoms with Gasteiger partial charge >= 0.3 is 0 Å². The molecule has 0 spiro atoms. The third-order valence-electron chi connectivity index (χ3n) is 6.03. The highest BCUT2D eigenvalue weighted by molar-refractivity contribution is 5.96. The summed E-state index contributed by atoms with van der Waals surface area (Å²) in [5.41, 5.74) is 3.66. The van der Waals surface area contributed by atoms with Gasteiger partial charge in [-0.2, -0.15) is 0 Å². The maximum absolute atomic E-state index is 12.9. The van der Waals surface area contributed by atoms with Crippen molar-refractivity contribution in [3.8, 4) is 11.1 Å². The Bertz CT molecular complexity index is 814. The van der Waals surface area contributed by atoms with E-state index in [0.717, 1.165) is 35.3 Å². The Morgan fingerprint density at radius 2 is 1.81 bits per heavy atom. The van der Waals surface area contributed by atoms with Crippen molar-refractivity contribution in [2.45, 2.75) is 44.9 Å². The first kappa shape index (κ1) is 18.2. The Morgan fingerprint density at radius 1 is 1.07 bits per heavy atom. The first-order valence-corrected chi connectivity index (χ1v) is 10.0. The zero-order valence-electron chi connectivity index (χ0n) is 16.0. The number of amides is 1. The van der Waals surface area contributed by atoms with E-state index in [4.69, 9.17) is 0 Å². The molecule has 2 aromatic carbocycles. The highest BCUT2D eigenvalue weighted by Crippen LogP contribution is 2.27. The summed E-state index contributed by atoms with van der Waals surface area (Å²) in [6.07, 6.45) is 3.89. The molecule has 2 aliphatic rings. The average Bonchev–Trinajstić information content (AvgIpc) is 2.68. The quantitative estimate of drug-likeness (QED) is 0.902. The van der Waals surface area contributed by atoms with Crippen LogP contribution in [0.5, 0.6) is 0 Å². The predicted octanol–water partition coefficient (Wildman–Crippen LogP) is 3.54. The molecule has 4 heteroatoms. The number of piperidine rings is 1. The molecular formula is C23H28N2O2. The second kappa shape index (κ2) is 7.83. The molecule has 2 saturated heterocycles. The molecule has 0 aromatic heterocycles. The van der Waals surface area contributed by atoms with E-state index in [0.29, 0.717) is 12.1 Å². The highest BCUT2D eigenvalue weighted by Gasteiger charge is 2.37. The third-order valence-corrected chi connectivity index (χ3v) is 6.03. The van der Waals surface area contributed by atoms with Crippen LogP contribution in [-0.2, 0) is 6.61 Å². The zero-order valence-corrected chi connectivity index (χ0v) is 16.0. The molecule has 4 rings (SSSR count). The lowest BCUT2D eigenvalue weighted by atomic mass is 9.96. The van der Waals surface area contributed by atoms with Gasteiger partial charge in [0.2, 0.25) is 0 Å². The number of likely N-dealkylation sites (tertiary alicyclic amines) is 2. The van der Waals surface area contributed by atoms with Crippen LogP contribution < -0.4 is 0 Å². The van der Waals surface area contributed by atoms with E-state index in [1.807, 2.05) is 53.4 Å². The van der Waals surface area contributed by atoms with E-state index in [2.05, 4.69) is 11.8 Å². The summed E-state index contributed by atoms with van der Waals surface area (Å²) in [6, 6.07) is 16.8. The number of rotatable bonds is 4. The molecule has 1 N–H and O–H groups in total. The van der Waals surface area contributed by atoms with Gasteiger partial charge in [0, 0.05) is 30.7 Å². The fourth-order valence-electron chi connectivity index (χ4n) is 4.36. The Labute approximate surface area is 161 Å². The second-order valence-electron chi connectivity index (χ2n) is 7.89. The smallest absolute Gasteiger partial charge is 0.253 e. The van der Waals surface area contributed by atoms with Gasteiger partial charge in [0.25, 0.3) is 5.91 Å². The Kier molecular flexibility index (Phi) is 5.28. The molecule has 0 saturated carbocycles. The topological polar surface area (TPSA) is 43.8 Å². The zero-order chi connectivity index (χ0) is 18.8. The molecule has 142 valence electrons. The van der Waals surface area contributed by atoms with Crippen molar-refractivity contribution in [1.82, 2.24) is 9.80 Å². The van der Waals surface area contributed by atoms with Crippen LogP contribution in [0, 0.1) is 0 Å². The summed E-state index contributed by atoms with van der Waals surface area (Å²) in [7, 11) is 0. The molecular weight excluding hydrogens is 336 g/mol. The van der Waals surface area contributed by atoms with Crippen molar-refractivity contribution < 1.29 is 9.90 Å². The van der Waals surface area contributed by atoms with E-state index in [-0.39, 0.29) is 12.5 Å². The van der Waals surface area contributed by atoms with Gasteiger partial charge in [-0.1, -0.05) is 36.8 Å². The van der Waals surface area contributed by atoms with Crippen molar-refractivity contribution >= 4 is 5.91 Å². The minimum absolute atomic E-state index is 0.0244. The van der Waals surface area contributed by atoms with Crippen LogP contribution in [0.1, 0.15) is 42.1 Å². The molecule has 1 amide bonds. The van der Waals surface area contributed by atoms with Crippen LogP contribution in [-0.4, -0.2) is 52.5 Å². The highest BCUT2D eigenvalue weighted by atomic mass is 16.3. The van der Waals surface area contributed by atoms with Gasteiger partial charge in [0.15, 0.2) is 0 Å². The van der Waals surface area contributed by atoms with Crippen molar-refractivity contribution in [2.24, 2.45) is 0 Å². The van der Waals surface area contributed by atoms with Crippen LogP contribution in [0.2, 0.25) is 0 Å². The van der Waals surface area contributed by atoms with Crippen molar-refractivity contribution in [3.63, 3.8) is 0 Å². The number of aliphatic hydroxyl groups is 1. The summed E-state index contributed by atoms with van der Waals surface area (Å²) in [5, 5.41) is 9.35. The first-order valence-electron chi connectivity index (χ1n) is 10.0. The molecule has 1 atom stereocenters. The molecule has 2 aliphatic heterocycles. The van der Waals surface area contributed by atoms with Gasteiger partial charge in [-0.25, -0.2) is 0 Å². The van der Waals surface area contributed by atoms with E-state index in [1.54, 1.807) is 0 Å². The lowest BCUT2D eigenvalue weighted by Gasteiger charge is -2.49. The normalized spacial score (nSPS) is 21.1. The van der Waals surface area contributed by atoms with Crippen LogP contribution >= 0.6 is 0 Å². The lowest BCUT2D eigenvalue weighted by molar-refractivity contribution is 0.00213. The molecule has 4 nitrogen and oxygen atoms in total. The Balaban J connectivity index is 1.44. The summed E-state index contributed by atoms with van der Waals surface area (Å²) >= 11 is 0. The molecule has 0 radical (unpaired) electrons. The minimum Gasteiger partial charge on any atom is -0.392 e. The number of benzene rings is 2. The average molecular weight is 364 g/mol. The summed E-state index contributed by atoms with van der Waals surface area (Å²) in [6.45, 7) is 5.19. The fourth-order valence-corrected chi connectivity index (χ4v) is 4.36. The van der Waals surface area contributed by atoms with Gasteiger partial charge in [-0.05, 0) is 61.2 Å². The van der Waals surface area contributed by atoms with Crippen LogP contribution in [0.3, 0.4) is 0 Å². The number of hydrogen-bond donors (Lipinski definition) is 1. The van der Waals surface area contributed by atoms with Gasteiger partial charge in [0.1, 0.15) is 0 Å². The number of hydrogen-bond acceptors (Lipinski definition) is 3. The fraction of sp³-hybridized carbons (Fsp3) is 0.435. The van der Waals surface area contributed by atoms with Crippen LogP contribution in [0.4, 0.5) is 0 Å². The van der Waals surface area contributed by atoms with E-state index in [1.165, 1.54) is 25.8 Å². The monoisotopic (exact) mass is 364 g/mol. The van der Waals surface area contributed by atoms with E-state index < -0.39 is 0 Å². The Morgan fingerprint density at radius 3 is 2.56 bits per heavy atom. The summed E-state index contributed by atoms with van der Waals surface area (Å²) in [5.74, 6) is 0.121. The largest absolute Gasteiger partial charge is 0.392 e. The molecule has 0 unspecified atom stereocenters. The van der Waals surface area contributed by atoms with E-state index in [9.17, 15) is 9.90 Å². The van der Waals surface area contributed by atoms with Gasteiger partial charge in [0.05, 0.1) is 6.61 Å². The number of carbonyl (C=O) groups is 1. The van der Waals surface area contributed by atoms with Gasteiger partial charge in [-0.3, -0.25) is 9.69 Å². The van der Waals surface area contributed by atoms with Crippen molar-refractivity contribution in [2.75, 3.05) is 19.6 Å². The summed E-state index contributed by atoms with van der Waals surface area (Å²) in [4.78, 5) is 17.5. The van der Waals surface area contributed by atoms with Crippen LogP contribution in [0.25, 0.3) is 11.1 Å². The predicted molar refractivity (Wildman–Crippen MR) is 108 cm³/mol. The van der Waals surface area contributed by atoms with Crippen LogP contribution in [0.15, 0.2) is 48.5 Å². The molecule has 2 fully saturated rings. The number of carbonyl (C=O) groups excluding carboxylic acids is 1. The lowest BCUT2D eigenvalue weighted by Crippen LogP contribution is -2.63. The molecule has 27 heavy (non-hydrogen) atoms. The molecule has 0 bridgehead atoms.